The number of benzene rings is 1. The number of hydrogen-bond acceptors (Lipinski definition) is 9. The van der Waals surface area contributed by atoms with Gasteiger partial charge in [-0.1, -0.05) is 24.0 Å². The van der Waals surface area contributed by atoms with Gasteiger partial charge in [0.05, 0.1) is 39.4 Å². The zero-order valence-corrected chi connectivity index (χ0v) is 20.7. The molecule has 2 aliphatic rings. The minimum absolute atomic E-state index is 0.102. The number of carbonyl (C=O) groups excluding carboxylic acids is 2. The van der Waals surface area contributed by atoms with Crippen molar-refractivity contribution in [3.63, 3.8) is 0 Å². The number of hydrogen-bond donors (Lipinski definition) is 1. The highest BCUT2D eigenvalue weighted by molar-refractivity contribution is 8.26. The Bertz CT molecular complexity index is 892. The van der Waals surface area contributed by atoms with Crippen LogP contribution in [0, 0.1) is 0 Å². The minimum Gasteiger partial charge on any atom is -0.493 e. The average molecular weight is 496 g/mol. The number of amides is 2. The summed E-state index contributed by atoms with van der Waals surface area (Å²) in [5, 5.41) is 2.87. The van der Waals surface area contributed by atoms with Gasteiger partial charge in [0.15, 0.2) is 11.5 Å². The third kappa shape index (κ3) is 6.59. The van der Waals surface area contributed by atoms with E-state index in [1.165, 1.54) is 26.2 Å². The van der Waals surface area contributed by atoms with Crippen LogP contribution < -0.4 is 19.5 Å². The van der Waals surface area contributed by atoms with E-state index >= 15 is 0 Å². The van der Waals surface area contributed by atoms with E-state index in [9.17, 15) is 9.59 Å². The molecule has 180 valence electrons. The van der Waals surface area contributed by atoms with Gasteiger partial charge < -0.3 is 24.3 Å². The van der Waals surface area contributed by atoms with Crippen molar-refractivity contribution in [3.05, 3.63) is 22.6 Å². The second kappa shape index (κ2) is 12.2. The number of nitrogens with one attached hydrogen (secondary N) is 1. The molecule has 3 rings (SSSR count). The SMILES string of the molecule is COc1cc(C=C2SC(=S)N(CC(=O)NCCCN3CCOCC3)C2=O)cc(OC)c1OC. The number of rotatable bonds is 10. The van der Waals surface area contributed by atoms with Gasteiger partial charge in [-0.25, -0.2) is 0 Å². The van der Waals surface area contributed by atoms with Gasteiger partial charge in [-0.05, 0) is 36.7 Å². The molecule has 0 aromatic heterocycles. The van der Waals surface area contributed by atoms with Crippen molar-refractivity contribution in [1.29, 1.82) is 0 Å². The Labute approximate surface area is 203 Å². The molecule has 2 heterocycles. The van der Waals surface area contributed by atoms with Gasteiger partial charge in [-0.15, -0.1) is 0 Å². The largest absolute Gasteiger partial charge is 0.493 e. The van der Waals surface area contributed by atoms with E-state index in [2.05, 4.69) is 10.2 Å². The third-order valence-corrected chi connectivity index (χ3v) is 6.61. The summed E-state index contributed by atoms with van der Waals surface area (Å²) in [6, 6.07) is 3.49. The lowest BCUT2D eigenvalue weighted by Crippen LogP contribution is -2.41. The van der Waals surface area contributed by atoms with E-state index in [0.29, 0.717) is 38.6 Å². The highest BCUT2D eigenvalue weighted by Gasteiger charge is 2.33. The summed E-state index contributed by atoms with van der Waals surface area (Å²) in [5.74, 6) is 0.893. The maximum Gasteiger partial charge on any atom is 0.266 e. The number of carbonyl (C=O) groups is 2. The number of thioether (sulfide) groups is 1. The van der Waals surface area contributed by atoms with E-state index in [1.807, 2.05) is 0 Å². The number of nitrogens with zero attached hydrogens (tertiary/aromatic N) is 2. The van der Waals surface area contributed by atoms with Crippen LogP contribution in [0.2, 0.25) is 0 Å². The Hall–Kier alpha value is -2.34. The lowest BCUT2D eigenvalue weighted by molar-refractivity contribution is -0.128. The molecule has 9 nitrogen and oxygen atoms in total. The normalized spacial score (nSPS) is 18.0. The van der Waals surface area contributed by atoms with Crippen LogP contribution in [-0.4, -0.2) is 93.2 Å². The fraction of sp³-hybridized carbons (Fsp3) is 0.500. The first-order valence-corrected chi connectivity index (χ1v) is 11.8. The summed E-state index contributed by atoms with van der Waals surface area (Å²) in [7, 11) is 4.58. The Morgan fingerprint density at radius 1 is 1.18 bits per heavy atom. The molecule has 11 heteroatoms. The molecule has 0 unspecified atom stereocenters. The van der Waals surface area contributed by atoms with Gasteiger partial charge in [0, 0.05) is 19.6 Å². The zero-order chi connectivity index (χ0) is 23.8. The van der Waals surface area contributed by atoms with Gasteiger partial charge >= 0.3 is 0 Å². The zero-order valence-electron chi connectivity index (χ0n) is 19.0. The van der Waals surface area contributed by atoms with E-state index in [-0.39, 0.29) is 18.4 Å². The van der Waals surface area contributed by atoms with Crippen LogP contribution in [0.1, 0.15) is 12.0 Å². The summed E-state index contributed by atoms with van der Waals surface area (Å²) in [6.07, 6.45) is 2.54. The molecule has 0 radical (unpaired) electrons. The Balaban J connectivity index is 1.57. The summed E-state index contributed by atoms with van der Waals surface area (Å²) < 4.78 is 21.7. The van der Waals surface area contributed by atoms with Crippen LogP contribution in [-0.2, 0) is 14.3 Å². The summed E-state index contributed by atoms with van der Waals surface area (Å²) in [4.78, 5) is 29.3. The molecule has 2 aliphatic heterocycles. The smallest absolute Gasteiger partial charge is 0.266 e. The second-order valence-electron chi connectivity index (χ2n) is 7.38. The predicted molar refractivity (Wildman–Crippen MR) is 131 cm³/mol. The number of methoxy groups -OCH3 is 3. The Kier molecular flexibility index (Phi) is 9.36. The van der Waals surface area contributed by atoms with Crippen LogP contribution in [0.4, 0.5) is 0 Å². The van der Waals surface area contributed by atoms with Crippen LogP contribution in [0.3, 0.4) is 0 Å². The molecule has 1 aromatic carbocycles. The summed E-state index contributed by atoms with van der Waals surface area (Å²) in [5.41, 5.74) is 0.692. The molecule has 0 saturated carbocycles. The van der Waals surface area contributed by atoms with Gasteiger partial charge in [-0.2, -0.15) is 0 Å². The van der Waals surface area contributed by atoms with Gasteiger partial charge in [0.2, 0.25) is 11.7 Å². The van der Waals surface area contributed by atoms with Crippen LogP contribution in [0.15, 0.2) is 17.0 Å². The fourth-order valence-electron chi connectivity index (χ4n) is 3.53. The maximum atomic E-state index is 12.9. The number of thiocarbonyl (C=S) groups is 1. The molecule has 2 amide bonds. The second-order valence-corrected chi connectivity index (χ2v) is 9.06. The van der Waals surface area contributed by atoms with E-state index in [0.717, 1.165) is 51.0 Å². The Morgan fingerprint density at radius 3 is 2.45 bits per heavy atom. The molecule has 1 N–H and O–H groups in total. The molecule has 0 bridgehead atoms. The van der Waals surface area contributed by atoms with Crippen LogP contribution in [0.25, 0.3) is 6.08 Å². The van der Waals surface area contributed by atoms with Crippen LogP contribution >= 0.6 is 24.0 Å². The van der Waals surface area contributed by atoms with Crippen LogP contribution in [0.5, 0.6) is 17.2 Å². The maximum absolute atomic E-state index is 12.9. The van der Waals surface area contributed by atoms with Crippen molar-refractivity contribution in [3.8, 4) is 17.2 Å². The average Bonchev–Trinajstić information content (AvgIpc) is 3.09. The monoisotopic (exact) mass is 495 g/mol. The first-order valence-electron chi connectivity index (χ1n) is 10.6. The number of ether oxygens (including phenoxy) is 4. The lowest BCUT2D eigenvalue weighted by atomic mass is 10.1. The highest BCUT2D eigenvalue weighted by atomic mass is 32.2. The van der Waals surface area contributed by atoms with Gasteiger partial charge in [-0.3, -0.25) is 19.4 Å². The Morgan fingerprint density at radius 2 is 1.85 bits per heavy atom. The van der Waals surface area contributed by atoms with Crippen molar-refractivity contribution >= 4 is 46.2 Å². The van der Waals surface area contributed by atoms with E-state index < -0.39 is 0 Å². The lowest BCUT2D eigenvalue weighted by Gasteiger charge is -2.26. The number of morpholine rings is 1. The topological polar surface area (TPSA) is 89.6 Å². The summed E-state index contributed by atoms with van der Waals surface area (Å²) in [6.45, 7) is 4.70. The summed E-state index contributed by atoms with van der Waals surface area (Å²) >= 11 is 6.51. The standard InChI is InChI=1S/C22H29N3O6S2/c1-28-16-11-15(12-17(29-2)20(16)30-3)13-18-21(27)25(22(32)33-18)14-19(26)23-5-4-6-24-7-9-31-10-8-24/h11-13H,4-10,14H2,1-3H3,(H,23,26). The van der Waals surface area contributed by atoms with E-state index in [1.54, 1.807) is 18.2 Å². The first-order chi connectivity index (χ1) is 16.0. The molecule has 0 atom stereocenters. The van der Waals surface area contributed by atoms with Crippen molar-refractivity contribution in [2.75, 3.05) is 67.3 Å². The van der Waals surface area contributed by atoms with Gasteiger partial charge in [0.1, 0.15) is 10.9 Å². The predicted octanol–water partition coefficient (Wildman–Crippen LogP) is 1.75. The molecule has 0 aliphatic carbocycles. The van der Waals surface area contributed by atoms with E-state index in [4.69, 9.17) is 31.2 Å². The minimum atomic E-state index is -0.304. The van der Waals surface area contributed by atoms with Crippen molar-refractivity contribution in [2.24, 2.45) is 0 Å². The molecular formula is C22H29N3O6S2. The first kappa shape index (κ1) is 25.3. The van der Waals surface area contributed by atoms with Crippen molar-refractivity contribution in [2.45, 2.75) is 6.42 Å². The fourth-order valence-corrected chi connectivity index (χ4v) is 4.78. The highest BCUT2D eigenvalue weighted by Crippen LogP contribution is 2.40. The molecule has 2 fully saturated rings. The molecule has 1 aromatic rings. The van der Waals surface area contributed by atoms with Crippen molar-refractivity contribution < 1.29 is 28.5 Å². The molecule has 0 spiro atoms. The third-order valence-electron chi connectivity index (χ3n) is 5.24. The molecule has 33 heavy (non-hydrogen) atoms. The van der Waals surface area contributed by atoms with Crippen molar-refractivity contribution in [1.82, 2.24) is 15.1 Å². The molecule has 2 saturated heterocycles. The molecular weight excluding hydrogens is 466 g/mol. The quantitative estimate of drug-likeness (QED) is 0.296. The van der Waals surface area contributed by atoms with Gasteiger partial charge in [0.25, 0.3) is 5.91 Å².